The van der Waals surface area contributed by atoms with Crippen LogP contribution in [0.15, 0.2) is 48.5 Å². The number of nitrogens with one attached hydrogen (secondary N) is 1. The molecular weight excluding hydrogens is 338 g/mol. The summed E-state index contributed by atoms with van der Waals surface area (Å²) in [5, 5.41) is 29.2. The number of aromatic carboxylic acids is 1. The van der Waals surface area contributed by atoms with Crippen molar-refractivity contribution in [3.05, 3.63) is 76.6 Å². The lowest BCUT2D eigenvalue weighted by Crippen LogP contribution is -2.18. The van der Waals surface area contributed by atoms with Crippen LogP contribution in [-0.2, 0) is 13.0 Å². The van der Waals surface area contributed by atoms with Crippen LogP contribution in [0.25, 0.3) is 0 Å². The van der Waals surface area contributed by atoms with E-state index in [1.165, 1.54) is 12.1 Å². The van der Waals surface area contributed by atoms with Gasteiger partial charge in [0.1, 0.15) is 0 Å². The van der Waals surface area contributed by atoms with E-state index in [9.17, 15) is 9.59 Å². The third-order valence-electron chi connectivity index (χ3n) is 3.82. The van der Waals surface area contributed by atoms with Gasteiger partial charge in [-0.2, -0.15) is 0 Å². The molecule has 9 heteroatoms. The van der Waals surface area contributed by atoms with Crippen molar-refractivity contribution in [1.82, 2.24) is 25.7 Å². The standard InChI is InChI=1S/C17H15N5O4/c23-16(19-26)13-5-3-12(4-6-13)10-22-15(18-20-21-22)9-11-1-7-14(8-2-11)17(24)25/h1-8,26H,9-10H2,(H,19,23)(H,24,25). The molecule has 0 saturated heterocycles. The molecule has 3 aromatic rings. The number of carboxylic acid groups (broad SMARTS) is 1. The summed E-state index contributed by atoms with van der Waals surface area (Å²) >= 11 is 0. The maximum absolute atomic E-state index is 11.3. The molecule has 0 radical (unpaired) electrons. The molecule has 0 bridgehead atoms. The Morgan fingerprint density at radius 1 is 0.962 bits per heavy atom. The largest absolute Gasteiger partial charge is 0.478 e. The lowest BCUT2D eigenvalue weighted by Gasteiger charge is -2.06. The highest BCUT2D eigenvalue weighted by Gasteiger charge is 2.10. The molecule has 0 spiro atoms. The molecular formula is C17H15N5O4. The summed E-state index contributed by atoms with van der Waals surface area (Å²) < 4.78 is 1.63. The number of benzene rings is 2. The summed E-state index contributed by atoms with van der Waals surface area (Å²) in [5.74, 6) is -0.922. The van der Waals surface area contributed by atoms with Crippen LogP contribution in [0.5, 0.6) is 0 Å². The fraction of sp³-hybridized carbons (Fsp3) is 0.118. The summed E-state index contributed by atoms with van der Waals surface area (Å²) in [4.78, 5) is 22.2. The second-order valence-corrected chi connectivity index (χ2v) is 5.57. The first-order valence-electron chi connectivity index (χ1n) is 7.67. The summed E-state index contributed by atoms with van der Waals surface area (Å²) in [7, 11) is 0. The lowest BCUT2D eigenvalue weighted by atomic mass is 10.1. The lowest BCUT2D eigenvalue weighted by molar-refractivity contribution is 0.0693. The van der Waals surface area contributed by atoms with Crippen LogP contribution in [0.2, 0.25) is 0 Å². The van der Waals surface area contributed by atoms with Gasteiger partial charge in [0.15, 0.2) is 5.82 Å². The average molecular weight is 353 g/mol. The molecule has 0 fully saturated rings. The van der Waals surface area contributed by atoms with Crippen molar-refractivity contribution in [1.29, 1.82) is 0 Å². The zero-order chi connectivity index (χ0) is 18.5. The topological polar surface area (TPSA) is 130 Å². The molecule has 0 aliphatic heterocycles. The highest BCUT2D eigenvalue weighted by atomic mass is 16.5. The summed E-state index contributed by atoms with van der Waals surface area (Å²) in [6.45, 7) is 0.413. The first-order valence-corrected chi connectivity index (χ1v) is 7.67. The Balaban J connectivity index is 1.72. The number of tetrazole rings is 1. The number of amides is 1. The highest BCUT2D eigenvalue weighted by molar-refractivity contribution is 5.93. The molecule has 0 unspecified atom stereocenters. The Hall–Kier alpha value is -3.59. The van der Waals surface area contributed by atoms with E-state index in [1.54, 1.807) is 46.6 Å². The number of hydroxylamine groups is 1. The van der Waals surface area contributed by atoms with Gasteiger partial charge in [-0.05, 0) is 45.8 Å². The Kier molecular flexibility index (Phi) is 4.99. The smallest absolute Gasteiger partial charge is 0.335 e. The van der Waals surface area contributed by atoms with E-state index in [0.29, 0.717) is 24.4 Å². The Bertz CT molecular complexity index is 919. The second-order valence-electron chi connectivity index (χ2n) is 5.57. The molecule has 132 valence electrons. The van der Waals surface area contributed by atoms with E-state index in [0.717, 1.165) is 11.1 Å². The third-order valence-corrected chi connectivity index (χ3v) is 3.82. The molecule has 0 aliphatic rings. The summed E-state index contributed by atoms with van der Waals surface area (Å²) in [6, 6.07) is 13.2. The first kappa shape index (κ1) is 17.2. The minimum atomic E-state index is -0.972. The van der Waals surface area contributed by atoms with Crippen LogP contribution in [-0.4, -0.2) is 42.4 Å². The molecule has 2 aromatic carbocycles. The Morgan fingerprint density at radius 2 is 1.58 bits per heavy atom. The minimum absolute atomic E-state index is 0.223. The fourth-order valence-electron chi connectivity index (χ4n) is 2.42. The minimum Gasteiger partial charge on any atom is -0.478 e. The van der Waals surface area contributed by atoms with Crippen LogP contribution in [0.1, 0.15) is 37.7 Å². The van der Waals surface area contributed by atoms with E-state index >= 15 is 0 Å². The van der Waals surface area contributed by atoms with Crippen LogP contribution in [0.3, 0.4) is 0 Å². The van der Waals surface area contributed by atoms with Crippen molar-refractivity contribution in [2.24, 2.45) is 0 Å². The first-order chi connectivity index (χ1) is 12.6. The summed E-state index contributed by atoms with van der Waals surface area (Å²) in [6.07, 6.45) is 0.456. The predicted molar refractivity (Wildman–Crippen MR) is 88.8 cm³/mol. The van der Waals surface area contributed by atoms with Gasteiger partial charge >= 0.3 is 5.97 Å². The molecule has 26 heavy (non-hydrogen) atoms. The average Bonchev–Trinajstić information content (AvgIpc) is 3.09. The molecule has 1 aromatic heterocycles. The van der Waals surface area contributed by atoms with Gasteiger partial charge < -0.3 is 5.11 Å². The van der Waals surface area contributed by atoms with Crippen molar-refractivity contribution in [2.75, 3.05) is 0 Å². The number of rotatable bonds is 6. The Morgan fingerprint density at radius 3 is 2.19 bits per heavy atom. The normalized spacial score (nSPS) is 10.5. The van der Waals surface area contributed by atoms with Gasteiger partial charge in [0.2, 0.25) is 0 Å². The predicted octanol–water partition coefficient (Wildman–Crippen LogP) is 1.13. The zero-order valence-electron chi connectivity index (χ0n) is 13.5. The van der Waals surface area contributed by atoms with Gasteiger partial charge in [0.05, 0.1) is 12.1 Å². The van der Waals surface area contributed by atoms with E-state index < -0.39 is 11.9 Å². The summed E-state index contributed by atoms with van der Waals surface area (Å²) in [5.41, 5.74) is 3.92. The number of carboxylic acids is 1. The maximum Gasteiger partial charge on any atom is 0.335 e. The number of aromatic nitrogens is 4. The van der Waals surface area contributed by atoms with Gasteiger partial charge in [-0.25, -0.2) is 15.0 Å². The van der Waals surface area contributed by atoms with Crippen molar-refractivity contribution < 1.29 is 19.9 Å². The molecule has 3 rings (SSSR count). The fourth-order valence-corrected chi connectivity index (χ4v) is 2.42. The van der Waals surface area contributed by atoms with Crippen LogP contribution in [0.4, 0.5) is 0 Å². The van der Waals surface area contributed by atoms with Gasteiger partial charge in [-0.3, -0.25) is 10.0 Å². The number of carbonyl (C=O) groups is 2. The number of nitrogens with zero attached hydrogens (tertiary/aromatic N) is 4. The molecule has 1 heterocycles. The van der Waals surface area contributed by atoms with Gasteiger partial charge in [0, 0.05) is 12.0 Å². The van der Waals surface area contributed by atoms with E-state index in [-0.39, 0.29) is 5.56 Å². The third kappa shape index (κ3) is 3.90. The number of carbonyl (C=O) groups excluding carboxylic acids is 1. The van der Waals surface area contributed by atoms with E-state index in [4.69, 9.17) is 10.3 Å². The number of hydrogen-bond donors (Lipinski definition) is 3. The SMILES string of the molecule is O=C(O)c1ccc(Cc2nnnn2Cc2ccc(C(=O)NO)cc2)cc1. The van der Waals surface area contributed by atoms with Crippen molar-refractivity contribution in [3.8, 4) is 0 Å². The quantitative estimate of drug-likeness (QED) is 0.447. The molecule has 0 atom stereocenters. The molecule has 3 N–H and O–H groups in total. The van der Waals surface area contributed by atoms with Gasteiger partial charge in [-0.1, -0.05) is 24.3 Å². The van der Waals surface area contributed by atoms with Crippen LogP contribution in [0, 0.1) is 0 Å². The van der Waals surface area contributed by atoms with Crippen molar-refractivity contribution in [3.63, 3.8) is 0 Å². The monoisotopic (exact) mass is 353 g/mol. The maximum atomic E-state index is 11.3. The van der Waals surface area contributed by atoms with E-state index in [2.05, 4.69) is 15.5 Å². The molecule has 0 aliphatic carbocycles. The van der Waals surface area contributed by atoms with Gasteiger partial charge in [0.25, 0.3) is 5.91 Å². The highest BCUT2D eigenvalue weighted by Crippen LogP contribution is 2.11. The van der Waals surface area contributed by atoms with Crippen molar-refractivity contribution in [2.45, 2.75) is 13.0 Å². The van der Waals surface area contributed by atoms with Crippen LogP contribution < -0.4 is 5.48 Å². The van der Waals surface area contributed by atoms with Crippen LogP contribution >= 0.6 is 0 Å². The van der Waals surface area contributed by atoms with Gasteiger partial charge in [-0.15, -0.1) is 5.10 Å². The molecule has 0 saturated carbocycles. The zero-order valence-corrected chi connectivity index (χ0v) is 13.5. The van der Waals surface area contributed by atoms with E-state index in [1.807, 2.05) is 0 Å². The second kappa shape index (κ2) is 7.53. The molecule has 9 nitrogen and oxygen atoms in total. The van der Waals surface area contributed by atoms with Crippen molar-refractivity contribution >= 4 is 11.9 Å². The molecule has 1 amide bonds. The number of hydrogen-bond acceptors (Lipinski definition) is 6. The Labute approximate surface area is 147 Å².